The monoisotopic (exact) mass is 248 g/mol. The van der Waals surface area contributed by atoms with Crippen LogP contribution in [0, 0.1) is 12.8 Å². The number of imidazole rings is 1. The zero-order chi connectivity index (χ0) is 12.5. The molecule has 0 saturated heterocycles. The first-order valence-corrected chi connectivity index (χ1v) is 6.79. The van der Waals surface area contributed by atoms with Crippen molar-refractivity contribution < 1.29 is 4.79 Å². The molecule has 5 heteroatoms. The summed E-state index contributed by atoms with van der Waals surface area (Å²) in [6.45, 7) is 5.49. The Hall–Kier alpha value is -1.36. The molecule has 1 aliphatic carbocycles. The summed E-state index contributed by atoms with van der Waals surface area (Å²) in [4.78, 5) is 16.1. The lowest BCUT2D eigenvalue weighted by Crippen LogP contribution is -2.30. The van der Waals surface area contributed by atoms with Crippen molar-refractivity contribution in [3.05, 3.63) is 17.2 Å². The molecule has 5 nitrogen and oxygen atoms in total. The normalized spacial score (nSPS) is 18.5. The molecular weight excluding hydrogens is 228 g/mol. The summed E-state index contributed by atoms with van der Waals surface area (Å²) in [5.41, 5.74) is 2.51. The molecule has 2 N–H and O–H groups in total. The lowest BCUT2D eigenvalue weighted by atomic mass is 10.2. The third kappa shape index (κ3) is 2.27. The molecule has 0 radical (unpaired) electrons. The number of nitrogens with one attached hydrogen (secondary N) is 2. The van der Waals surface area contributed by atoms with Crippen LogP contribution in [-0.4, -0.2) is 28.5 Å². The fourth-order valence-electron chi connectivity index (χ4n) is 2.58. The fourth-order valence-corrected chi connectivity index (χ4v) is 2.58. The molecule has 2 aliphatic rings. The Kier molecular flexibility index (Phi) is 3.07. The Labute approximate surface area is 107 Å². The maximum atomic E-state index is 11.6. The average Bonchev–Trinajstić information content (AvgIpc) is 3.15. The predicted octanol–water partition coefficient (Wildman–Crippen LogP) is 0.363. The molecule has 1 saturated carbocycles. The van der Waals surface area contributed by atoms with Gasteiger partial charge in [-0.2, -0.15) is 0 Å². The Morgan fingerprint density at radius 1 is 1.56 bits per heavy atom. The molecule has 18 heavy (non-hydrogen) atoms. The largest absolute Gasteiger partial charge is 0.354 e. The van der Waals surface area contributed by atoms with Crippen LogP contribution in [0.4, 0.5) is 0 Å². The van der Waals surface area contributed by atoms with Gasteiger partial charge < -0.3 is 15.2 Å². The number of hydrogen-bond donors (Lipinski definition) is 2. The van der Waals surface area contributed by atoms with Crippen molar-refractivity contribution in [1.29, 1.82) is 0 Å². The lowest BCUT2D eigenvalue weighted by Gasteiger charge is -2.16. The molecule has 0 spiro atoms. The van der Waals surface area contributed by atoms with Gasteiger partial charge in [-0.05, 0) is 19.8 Å². The average molecular weight is 248 g/mol. The van der Waals surface area contributed by atoms with Crippen LogP contribution >= 0.6 is 0 Å². The minimum absolute atomic E-state index is 0.225. The van der Waals surface area contributed by atoms with Crippen LogP contribution in [0.1, 0.15) is 30.1 Å². The van der Waals surface area contributed by atoms with Crippen molar-refractivity contribution in [2.75, 3.05) is 13.1 Å². The van der Waals surface area contributed by atoms with Crippen molar-refractivity contribution >= 4 is 5.91 Å². The van der Waals surface area contributed by atoms with E-state index >= 15 is 0 Å². The zero-order valence-electron chi connectivity index (χ0n) is 10.8. The van der Waals surface area contributed by atoms with E-state index < -0.39 is 0 Å². The van der Waals surface area contributed by atoms with Crippen LogP contribution in [0.5, 0.6) is 0 Å². The minimum atomic E-state index is 0.225. The molecule has 1 aromatic heterocycles. The highest BCUT2D eigenvalue weighted by molar-refractivity contribution is 5.80. The second kappa shape index (κ2) is 4.72. The van der Waals surface area contributed by atoms with Gasteiger partial charge in [0.05, 0.1) is 5.69 Å². The quantitative estimate of drug-likeness (QED) is 0.809. The molecule has 0 unspecified atom stereocenters. The molecular formula is C13H20N4O. The standard InChI is InChI=1S/C13H20N4O/c1-9-16-11-8-14-5-4-12(11)17(9)7-6-15-13(18)10-2-3-10/h10,14H,2-8H2,1H3,(H,15,18). The summed E-state index contributed by atoms with van der Waals surface area (Å²) in [5, 5.41) is 6.35. The van der Waals surface area contributed by atoms with Gasteiger partial charge in [-0.1, -0.05) is 0 Å². The number of amides is 1. The molecule has 1 amide bonds. The molecule has 0 atom stereocenters. The highest BCUT2D eigenvalue weighted by atomic mass is 16.2. The third-order valence-electron chi connectivity index (χ3n) is 3.76. The van der Waals surface area contributed by atoms with Gasteiger partial charge in [0, 0.05) is 44.2 Å². The van der Waals surface area contributed by atoms with E-state index in [1.54, 1.807) is 0 Å². The number of nitrogens with zero attached hydrogens (tertiary/aromatic N) is 2. The summed E-state index contributed by atoms with van der Waals surface area (Å²) in [6, 6.07) is 0. The first kappa shape index (κ1) is 11.7. The summed E-state index contributed by atoms with van der Waals surface area (Å²) in [6.07, 6.45) is 3.17. The summed E-state index contributed by atoms with van der Waals surface area (Å²) in [7, 11) is 0. The Morgan fingerprint density at radius 3 is 3.17 bits per heavy atom. The van der Waals surface area contributed by atoms with Crippen LogP contribution in [-0.2, 0) is 24.3 Å². The zero-order valence-corrected chi connectivity index (χ0v) is 10.8. The molecule has 3 rings (SSSR count). The lowest BCUT2D eigenvalue weighted by molar-refractivity contribution is -0.122. The molecule has 98 valence electrons. The number of carbonyl (C=O) groups is 1. The maximum absolute atomic E-state index is 11.6. The maximum Gasteiger partial charge on any atom is 0.223 e. The van der Waals surface area contributed by atoms with E-state index in [9.17, 15) is 4.79 Å². The number of rotatable bonds is 4. The molecule has 0 bridgehead atoms. The van der Waals surface area contributed by atoms with Crippen LogP contribution < -0.4 is 10.6 Å². The van der Waals surface area contributed by atoms with Gasteiger partial charge in [0.25, 0.3) is 0 Å². The second-order valence-corrected chi connectivity index (χ2v) is 5.20. The van der Waals surface area contributed by atoms with Crippen molar-refractivity contribution in [3.63, 3.8) is 0 Å². The van der Waals surface area contributed by atoms with E-state index in [1.165, 1.54) is 11.4 Å². The van der Waals surface area contributed by atoms with Crippen molar-refractivity contribution in [2.24, 2.45) is 5.92 Å². The van der Waals surface area contributed by atoms with E-state index in [-0.39, 0.29) is 5.91 Å². The highest BCUT2D eigenvalue weighted by Crippen LogP contribution is 2.28. The summed E-state index contributed by atoms with van der Waals surface area (Å²) >= 11 is 0. The van der Waals surface area contributed by atoms with Crippen LogP contribution in [0.3, 0.4) is 0 Å². The third-order valence-corrected chi connectivity index (χ3v) is 3.76. The van der Waals surface area contributed by atoms with Crippen LogP contribution in [0.2, 0.25) is 0 Å². The van der Waals surface area contributed by atoms with E-state index in [0.29, 0.717) is 12.5 Å². The number of fused-ring (bicyclic) bond motifs is 1. The molecule has 2 heterocycles. The fraction of sp³-hybridized carbons (Fsp3) is 0.692. The van der Waals surface area contributed by atoms with Gasteiger partial charge in [0.2, 0.25) is 5.91 Å². The van der Waals surface area contributed by atoms with Crippen molar-refractivity contribution in [1.82, 2.24) is 20.2 Å². The second-order valence-electron chi connectivity index (χ2n) is 5.20. The van der Waals surface area contributed by atoms with Crippen LogP contribution in [0.25, 0.3) is 0 Å². The number of carbonyl (C=O) groups excluding carboxylic acids is 1. The Balaban J connectivity index is 1.61. The molecule has 1 fully saturated rings. The molecule has 1 aromatic rings. The minimum Gasteiger partial charge on any atom is -0.354 e. The van der Waals surface area contributed by atoms with E-state index in [0.717, 1.165) is 44.7 Å². The smallest absolute Gasteiger partial charge is 0.223 e. The Bertz CT molecular complexity index is 462. The highest BCUT2D eigenvalue weighted by Gasteiger charge is 2.29. The SMILES string of the molecule is Cc1nc2c(n1CCNC(=O)C1CC1)CCNC2. The Morgan fingerprint density at radius 2 is 2.39 bits per heavy atom. The summed E-state index contributed by atoms with van der Waals surface area (Å²) in [5.74, 6) is 1.58. The van der Waals surface area contributed by atoms with Gasteiger partial charge in [-0.25, -0.2) is 4.98 Å². The van der Waals surface area contributed by atoms with E-state index in [1.807, 2.05) is 6.92 Å². The van der Waals surface area contributed by atoms with Crippen molar-refractivity contribution in [2.45, 2.75) is 39.3 Å². The van der Waals surface area contributed by atoms with Gasteiger partial charge >= 0.3 is 0 Å². The number of aromatic nitrogens is 2. The van der Waals surface area contributed by atoms with Crippen molar-refractivity contribution in [3.8, 4) is 0 Å². The molecule has 0 aromatic carbocycles. The first-order chi connectivity index (χ1) is 8.75. The predicted molar refractivity (Wildman–Crippen MR) is 68.1 cm³/mol. The van der Waals surface area contributed by atoms with E-state index in [4.69, 9.17) is 0 Å². The van der Waals surface area contributed by atoms with Gasteiger partial charge in [-0.3, -0.25) is 4.79 Å². The summed E-state index contributed by atoms with van der Waals surface area (Å²) < 4.78 is 2.25. The van der Waals surface area contributed by atoms with Gasteiger partial charge in [-0.15, -0.1) is 0 Å². The first-order valence-electron chi connectivity index (χ1n) is 6.79. The van der Waals surface area contributed by atoms with Crippen LogP contribution in [0.15, 0.2) is 0 Å². The van der Waals surface area contributed by atoms with E-state index in [2.05, 4.69) is 20.2 Å². The van der Waals surface area contributed by atoms with Gasteiger partial charge in [0.15, 0.2) is 0 Å². The number of aryl methyl sites for hydroxylation is 1. The topological polar surface area (TPSA) is 59.0 Å². The molecule has 1 aliphatic heterocycles. The van der Waals surface area contributed by atoms with Gasteiger partial charge in [0.1, 0.15) is 5.82 Å². The number of hydrogen-bond acceptors (Lipinski definition) is 3.